The first-order chi connectivity index (χ1) is 14.3. The molecule has 0 aliphatic carbocycles. The molecule has 5 nitrogen and oxygen atoms in total. The Hall–Kier alpha value is -1.97. The lowest BCUT2D eigenvalue weighted by Crippen LogP contribution is -2.42. The Kier molecular flexibility index (Phi) is 7.49. The lowest BCUT2D eigenvalue weighted by atomic mass is 9.99. The van der Waals surface area contributed by atoms with Crippen LogP contribution in [-0.2, 0) is 19.6 Å². The smallest absolute Gasteiger partial charge is 0.324 e. The molecule has 0 radical (unpaired) electrons. The third-order valence-electron chi connectivity index (χ3n) is 4.80. The van der Waals surface area contributed by atoms with E-state index in [4.69, 9.17) is 4.74 Å². The molecule has 0 aromatic heterocycles. The predicted molar refractivity (Wildman–Crippen MR) is 127 cm³/mol. The predicted octanol–water partition coefficient (Wildman–Crippen LogP) is 4.92. The maximum Gasteiger partial charge on any atom is 0.324 e. The molecule has 0 bridgehead atoms. The Balaban J connectivity index is 1.88. The number of nitrogens with one attached hydrogen (secondary N) is 1. The van der Waals surface area contributed by atoms with Crippen LogP contribution in [0.4, 0.5) is 0 Å². The number of carbonyl (C=O) groups is 1. The van der Waals surface area contributed by atoms with Crippen LogP contribution in [0.1, 0.15) is 28.4 Å². The van der Waals surface area contributed by atoms with Crippen LogP contribution in [0.15, 0.2) is 71.6 Å². The van der Waals surface area contributed by atoms with Gasteiger partial charge in [0.25, 0.3) is 0 Å². The van der Waals surface area contributed by atoms with E-state index in [1.807, 2.05) is 49.4 Å². The first kappa shape index (κ1) is 22.7. The monoisotopic (exact) mass is 537 g/mol. The number of sulfonamides is 1. The van der Waals surface area contributed by atoms with E-state index < -0.39 is 22.0 Å². The Bertz CT molecular complexity index is 1120. The van der Waals surface area contributed by atoms with Crippen LogP contribution in [0.25, 0.3) is 10.8 Å². The zero-order valence-corrected chi connectivity index (χ0v) is 19.8. The molecule has 1 N–H and O–H groups in total. The van der Waals surface area contributed by atoms with Crippen LogP contribution >= 0.6 is 22.6 Å². The molecule has 158 valence electrons. The Labute approximate surface area is 191 Å². The molecule has 0 aliphatic rings. The number of halogens is 1. The van der Waals surface area contributed by atoms with E-state index >= 15 is 0 Å². The van der Waals surface area contributed by atoms with Gasteiger partial charge in [-0.1, -0.05) is 82.8 Å². The fourth-order valence-electron chi connectivity index (χ4n) is 3.27. The number of benzene rings is 3. The number of carbonyl (C=O) groups excluding carboxylic acids is 1. The molecule has 0 aliphatic heterocycles. The number of hydrogen-bond donors (Lipinski definition) is 1. The number of hydrogen-bond acceptors (Lipinski definition) is 4. The summed E-state index contributed by atoms with van der Waals surface area (Å²) in [6.07, 6.45) is 0.276. The highest BCUT2D eigenvalue weighted by Crippen LogP contribution is 2.34. The Morgan fingerprint density at radius 3 is 2.40 bits per heavy atom. The SMILES string of the molecule is CCOC(=O)[C@H](C[C@@H](I)c1cccc2ccccc12)NS(=O)(=O)c1ccc(C)cc1. The lowest BCUT2D eigenvalue weighted by molar-refractivity contribution is -0.145. The summed E-state index contributed by atoms with van der Waals surface area (Å²) in [5.74, 6) is -0.574. The fourth-order valence-corrected chi connectivity index (χ4v) is 5.51. The van der Waals surface area contributed by atoms with Crippen molar-refractivity contribution in [2.45, 2.75) is 35.1 Å². The Morgan fingerprint density at radius 1 is 1.03 bits per heavy atom. The van der Waals surface area contributed by atoms with Crippen molar-refractivity contribution >= 4 is 49.4 Å². The number of rotatable bonds is 8. The summed E-state index contributed by atoms with van der Waals surface area (Å²) in [5, 5.41) is 2.19. The molecule has 0 fully saturated rings. The van der Waals surface area contributed by atoms with Crippen molar-refractivity contribution in [1.82, 2.24) is 4.72 Å². The summed E-state index contributed by atoms with van der Waals surface area (Å²) in [7, 11) is -3.86. The van der Waals surface area contributed by atoms with Crippen molar-refractivity contribution in [2.75, 3.05) is 6.61 Å². The number of esters is 1. The van der Waals surface area contributed by atoms with Crippen molar-refractivity contribution in [3.8, 4) is 0 Å². The van der Waals surface area contributed by atoms with Gasteiger partial charge in [-0.05, 0) is 48.7 Å². The number of alkyl halides is 1. The van der Waals surface area contributed by atoms with Crippen molar-refractivity contribution in [3.63, 3.8) is 0 Å². The minimum Gasteiger partial charge on any atom is -0.465 e. The van der Waals surface area contributed by atoms with E-state index in [2.05, 4.69) is 27.3 Å². The first-order valence-electron chi connectivity index (χ1n) is 9.69. The summed E-state index contributed by atoms with van der Waals surface area (Å²) >= 11 is 2.26. The minimum atomic E-state index is -3.86. The standard InChI is InChI=1S/C23H24INO4S/c1-3-29-23(26)22(25-30(27,28)18-13-11-16(2)12-14-18)15-21(24)20-10-6-8-17-7-4-5-9-19(17)20/h4-14,21-22,25H,3,15H2,1-2H3/t21-,22+/m1/s1. The average molecular weight is 537 g/mol. The molecule has 0 unspecified atom stereocenters. The molecular formula is C23H24INO4S. The molecule has 7 heteroatoms. The van der Waals surface area contributed by atoms with Crippen LogP contribution in [0.2, 0.25) is 0 Å². The highest BCUT2D eigenvalue weighted by Gasteiger charge is 2.29. The fraction of sp³-hybridized carbons (Fsp3) is 0.261. The van der Waals surface area contributed by atoms with Crippen LogP contribution in [-0.4, -0.2) is 27.0 Å². The molecular weight excluding hydrogens is 513 g/mol. The molecule has 0 spiro atoms. The third-order valence-corrected chi connectivity index (χ3v) is 7.47. The molecule has 30 heavy (non-hydrogen) atoms. The number of fused-ring (bicyclic) bond motifs is 1. The number of ether oxygens (including phenoxy) is 1. The second-order valence-electron chi connectivity index (χ2n) is 7.01. The van der Waals surface area contributed by atoms with E-state index in [1.165, 1.54) is 12.1 Å². The zero-order chi connectivity index (χ0) is 21.7. The lowest BCUT2D eigenvalue weighted by Gasteiger charge is -2.21. The van der Waals surface area contributed by atoms with Gasteiger partial charge in [-0.2, -0.15) is 4.72 Å². The van der Waals surface area contributed by atoms with Crippen LogP contribution in [0.3, 0.4) is 0 Å². The Morgan fingerprint density at radius 2 is 1.70 bits per heavy atom. The number of aryl methyl sites for hydroxylation is 1. The molecule has 3 rings (SSSR count). The van der Waals surface area contributed by atoms with Gasteiger partial charge in [0.2, 0.25) is 10.0 Å². The molecule has 3 aromatic rings. The normalized spacial score (nSPS) is 13.7. The summed E-state index contributed by atoms with van der Waals surface area (Å²) in [5.41, 5.74) is 2.01. The van der Waals surface area contributed by atoms with Gasteiger partial charge in [-0.3, -0.25) is 4.79 Å². The zero-order valence-electron chi connectivity index (χ0n) is 16.8. The largest absolute Gasteiger partial charge is 0.465 e. The quantitative estimate of drug-likeness (QED) is 0.252. The van der Waals surface area contributed by atoms with Gasteiger partial charge in [-0.15, -0.1) is 0 Å². The van der Waals surface area contributed by atoms with Gasteiger partial charge in [0, 0.05) is 3.92 Å². The van der Waals surface area contributed by atoms with Crippen LogP contribution < -0.4 is 4.72 Å². The van der Waals surface area contributed by atoms with Crippen molar-refractivity contribution in [3.05, 3.63) is 77.9 Å². The van der Waals surface area contributed by atoms with Crippen LogP contribution in [0.5, 0.6) is 0 Å². The van der Waals surface area contributed by atoms with E-state index in [9.17, 15) is 13.2 Å². The minimum absolute atomic E-state index is 0.0937. The van der Waals surface area contributed by atoms with E-state index in [0.29, 0.717) is 0 Å². The summed E-state index contributed by atoms with van der Waals surface area (Å²) in [6.45, 7) is 3.77. The first-order valence-corrected chi connectivity index (χ1v) is 12.4. The van der Waals surface area contributed by atoms with Crippen molar-refractivity contribution in [2.24, 2.45) is 0 Å². The van der Waals surface area contributed by atoms with E-state index in [1.54, 1.807) is 19.1 Å². The van der Waals surface area contributed by atoms with Gasteiger partial charge >= 0.3 is 5.97 Å². The van der Waals surface area contributed by atoms with Gasteiger partial charge in [0.05, 0.1) is 11.5 Å². The average Bonchev–Trinajstić information content (AvgIpc) is 2.73. The molecule has 0 saturated heterocycles. The topological polar surface area (TPSA) is 72.5 Å². The van der Waals surface area contributed by atoms with Crippen molar-refractivity contribution in [1.29, 1.82) is 0 Å². The maximum absolute atomic E-state index is 12.9. The van der Waals surface area contributed by atoms with Crippen LogP contribution in [0, 0.1) is 6.92 Å². The van der Waals surface area contributed by atoms with Gasteiger partial charge in [0.15, 0.2) is 0 Å². The second kappa shape index (κ2) is 9.89. The van der Waals surface area contributed by atoms with Crippen molar-refractivity contribution < 1.29 is 17.9 Å². The maximum atomic E-state index is 12.9. The third kappa shape index (κ3) is 5.39. The second-order valence-corrected chi connectivity index (χ2v) is 10.2. The summed E-state index contributed by atoms with van der Waals surface area (Å²) in [6, 6.07) is 19.6. The highest BCUT2D eigenvalue weighted by molar-refractivity contribution is 14.1. The summed E-state index contributed by atoms with van der Waals surface area (Å²) in [4.78, 5) is 12.7. The molecule has 0 saturated carbocycles. The van der Waals surface area contributed by atoms with Gasteiger partial charge in [0.1, 0.15) is 6.04 Å². The molecule has 0 amide bonds. The summed E-state index contributed by atoms with van der Waals surface area (Å²) < 4.78 is 33.4. The van der Waals surface area contributed by atoms with E-state index in [-0.39, 0.29) is 21.8 Å². The van der Waals surface area contributed by atoms with Gasteiger partial charge < -0.3 is 4.74 Å². The van der Waals surface area contributed by atoms with Gasteiger partial charge in [-0.25, -0.2) is 8.42 Å². The highest BCUT2D eigenvalue weighted by atomic mass is 127. The molecule has 2 atom stereocenters. The van der Waals surface area contributed by atoms with E-state index in [0.717, 1.165) is 21.9 Å². The molecule has 3 aromatic carbocycles. The molecule has 0 heterocycles.